The smallest absolute Gasteiger partial charge is 0.130 e. The molecule has 0 amide bonds. The van der Waals surface area contributed by atoms with Gasteiger partial charge in [0.2, 0.25) is 0 Å². The Hall–Kier alpha value is -2.07. The molecule has 0 radical (unpaired) electrons. The van der Waals surface area contributed by atoms with Crippen molar-refractivity contribution in [1.82, 2.24) is 4.98 Å². The Kier molecular flexibility index (Phi) is 3.09. The summed E-state index contributed by atoms with van der Waals surface area (Å²) in [6.45, 7) is 0. The number of methoxy groups -OCH3 is 1. The second-order valence-electron chi connectivity index (χ2n) is 4.84. The van der Waals surface area contributed by atoms with Crippen molar-refractivity contribution in [3.63, 3.8) is 0 Å². The van der Waals surface area contributed by atoms with E-state index in [9.17, 15) is 0 Å². The van der Waals surface area contributed by atoms with Gasteiger partial charge in [-0.25, -0.2) is 4.98 Å². The van der Waals surface area contributed by atoms with E-state index < -0.39 is 0 Å². The van der Waals surface area contributed by atoms with E-state index in [4.69, 9.17) is 10.5 Å². The Balaban J connectivity index is 1.68. The number of hydrogen-bond acceptors (Lipinski definition) is 4. The summed E-state index contributed by atoms with van der Waals surface area (Å²) in [5.74, 6) is 2.18. The maximum absolute atomic E-state index is 5.83. The molecule has 1 aromatic carbocycles. The van der Waals surface area contributed by atoms with Crippen LogP contribution in [0.15, 0.2) is 42.6 Å². The first-order chi connectivity index (χ1) is 9.26. The van der Waals surface area contributed by atoms with Crippen molar-refractivity contribution in [2.45, 2.75) is 18.4 Å². The number of nitrogens with one attached hydrogen (secondary N) is 1. The molecular formula is C15H17N3O. The number of pyridine rings is 1. The zero-order chi connectivity index (χ0) is 13.2. The number of benzene rings is 1. The molecule has 0 spiro atoms. The third-order valence-corrected chi connectivity index (χ3v) is 3.42. The Morgan fingerprint density at radius 3 is 2.47 bits per heavy atom. The van der Waals surface area contributed by atoms with Gasteiger partial charge in [0.05, 0.1) is 7.11 Å². The van der Waals surface area contributed by atoms with Gasteiger partial charge in [-0.2, -0.15) is 0 Å². The van der Waals surface area contributed by atoms with Crippen molar-refractivity contribution in [1.29, 1.82) is 0 Å². The molecule has 1 aliphatic rings. The fourth-order valence-corrected chi connectivity index (χ4v) is 2.12. The first kappa shape index (κ1) is 12.0. The third-order valence-electron chi connectivity index (χ3n) is 3.42. The molecule has 0 aliphatic heterocycles. The van der Waals surface area contributed by atoms with E-state index >= 15 is 0 Å². The molecule has 19 heavy (non-hydrogen) atoms. The van der Waals surface area contributed by atoms with Gasteiger partial charge < -0.3 is 15.8 Å². The lowest BCUT2D eigenvalue weighted by atomic mass is 10.2. The molecule has 4 heteroatoms. The van der Waals surface area contributed by atoms with Crippen LogP contribution in [0.3, 0.4) is 0 Å². The molecule has 3 N–H and O–H groups in total. The Morgan fingerprint density at radius 1 is 1.21 bits per heavy atom. The molecule has 1 saturated carbocycles. The first-order valence-corrected chi connectivity index (χ1v) is 6.39. The van der Waals surface area contributed by atoms with Gasteiger partial charge in [-0.15, -0.1) is 0 Å². The van der Waals surface area contributed by atoms with E-state index in [1.807, 2.05) is 36.5 Å². The van der Waals surface area contributed by atoms with Gasteiger partial charge in [-0.05, 0) is 42.3 Å². The molecule has 0 bridgehead atoms. The molecule has 2 atom stereocenters. The summed E-state index contributed by atoms with van der Waals surface area (Å²) in [6, 6.07) is 12.2. The monoisotopic (exact) mass is 255 g/mol. The van der Waals surface area contributed by atoms with Gasteiger partial charge in [0.15, 0.2) is 0 Å². The highest BCUT2D eigenvalue weighted by molar-refractivity contribution is 5.57. The third kappa shape index (κ3) is 2.69. The summed E-state index contributed by atoms with van der Waals surface area (Å²) < 4.78 is 5.12. The molecule has 98 valence electrons. The van der Waals surface area contributed by atoms with E-state index in [-0.39, 0.29) is 0 Å². The Bertz CT molecular complexity index is 551. The maximum Gasteiger partial charge on any atom is 0.130 e. The number of aromatic nitrogens is 1. The zero-order valence-electron chi connectivity index (χ0n) is 10.8. The van der Waals surface area contributed by atoms with Crippen LogP contribution in [0.1, 0.15) is 17.9 Å². The number of rotatable bonds is 4. The standard InChI is InChI=1S/C15H17N3O/c1-19-12-5-3-11(4-6-12)18-15-7-2-10(9-17-15)13-8-14(13)16/h2-7,9,13-14H,8,16H2,1H3,(H,17,18)/t13-,14+/m1/s1. The largest absolute Gasteiger partial charge is 0.497 e. The SMILES string of the molecule is COc1ccc(Nc2ccc([C@H]3C[C@@H]3N)cn2)cc1. The lowest BCUT2D eigenvalue weighted by Crippen LogP contribution is -2.01. The normalized spacial score (nSPS) is 20.9. The molecule has 1 aliphatic carbocycles. The number of nitrogens with two attached hydrogens (primary N) is 1. The van der Waals surface area contributed by atoms with E-state index in [0.29, 0.717) is 12.0 Å². The summed E-state index contributed by atoms with van der Waals surface area (Å²) in [7, 11) is 1.66. The second kappa shape index (κ2) is 4.90. The van der Waals surface area contributed by atoms with Crippen molar-refractivity contribution in [2.24, 2.45) is 5.73 Å². The fourth-order valence-electron chi connectivity index (χ4n) is 2.12. The highest BCUT2D eigenvalue weighted by atomic mass is 16.5. The molecule has 0 saturated heterocycles. The number of nitrogens with zero attached hydrogens (tertiary/aromatic N) is 1. The average Bonchev–Trinajstić information content (AvgIpc) is 3.18. The molecule has 1 heterocycles. The predicted octanol–water partition coefficient (Wildman–Crippen LogP) is 2.65. The highest BCUT2D eigenvalue weighted by Crippen LogP contribution is 2.38. The van der Waals surface area contributed by atoms with Gasteiger partial charge in [0, 0.05) is 23.8 Å². The molecule has 0 unspecified atom stereocenters. The molecular weight excluding hydrogens is 238 g/mol. The number of anilines is 2. The van der Waals surface area contributed by atoms with Gasteiger partial charge in [-0.3, -0.25) is 0 Å². The maximum atomic E-state index is 5.83. The summed E-state index contributed by atoms with van der Waals surface area (Å²) in [5.41, 5.74) is 8.05. The summed E-state index contributed by atoms with van der Waals surface area (Å²) >= 11 is 0. The van der Waals surface area contributed by atoms with Gasteiger partial charge >= 0.3 is 0 Å². The minimum atomic E-state index is 0.321. The highest BCUT2D eigenvalue weighted by Gasteiger charge is 2.34. The lowest BCUT2D eigenvalue weighted by molar-refractivity contribution is 0.415. The van der Waals surface area contributed by atoms with Crippen LogP contribution >= 0.6 is 0 Å². The van der Waals surface area contributed by atoms with Crippen molar-refractivity contribution in [3.8, 4) is 5.75 Å². The molecule has 4 nitrogen and oxygen atoms in total. The van der Waals surface area contributed by atoms with Crippen molar-refractivity contribution < 1.29 is 4.74 Å². The minimum Gasteiger partial charge on any atom is -0.497 e. The van der Waals surface area contributed by atoms with Crippen molar-refractivity contribution in [3.05, 3.63) is 48.2 Å². The molecule has 1 fully saturated rings. The van der Waals surface area contributed by atoms with E-state index in [0.717, 1.165) is 23.7 Å². The van der Waals surface area contributed by atoms with Crippen LogP contribution in [-0.2, 0) is 0 Å². The van der Waals surface area contributed by atoms with Crippen molar-refractivity contribution in [2.75, 3.05) is 12.4 Å². The summed E-state index contributed by atoms with van der Waals surface area (Å²) in [6.07, 6.45) is 2.98. The van der Waals surface area contributed by atoms with Crippen LogP contribution in [0.25, 0.3) is 0 Å². The lowest BCUT2D eigenvalue weighted by Gasteiger charge is -2.07. The summed E-state index contributed by atoms with van der Waals surface area (Å²) in [5, 5.41) is 3.26. The molecule has 1 aromatic heterocycles. The predicted molar refractivity (Wildman–Crippen MR) is 75.8 cm³/mol. The number of hydrogen-bond donors (Lipinski definition) is 2. The van der Waals surface area contributed by atoms with Gasteiger partial charge in [0.25, 0.3) is 0 Å². The van der Waals surface area contributed by atoms with Crippen LogP contribution in [-0.4, -0.2) is 18.1 Å². The van der Waals surface area contributed by atoms with Gasteiger partial charge in [0.1, 0.15) is 11.6 Å². The van der Waals surface area contributed by atoms with Crippen LogP contribution in [0.4, 0.5) is 11.5 Å². The second-order valence-corrected chi connectivity index (χ2v) is 4.84. The van der Waals surface area contributed by atoms with Gasteiger partial charge in [-0.1, -0.05) is 6.07 Å². The van der Waals surface area contributed by atoms with Crippen molar-refractivity contribution >= 4 is 11.5 Å². The van der Waals surface area contributed by atoms with Crippen LogP contribution in [0.5, 0.6) is 5.75 Å². The van der Waals surface area contributed by atoms with E-state index in [1.165, 1.54) is 5.56 Å². The fraction of sp³-hybridized carbons (Fsp3) is 0.267. The van der Waals surface area contributed by atoms with E-state index in [1.54, 1.807) is 7.11 Å². The molecule has 3 rings (SSSR count). The number of ether oxygens (including phenoxy) is 1. The first-order valence-electron chi connectivity index (χ1n) is 6.39. The molecule has 2 aromatic rings. The minimum absolute atomic E-state index is 0.321. The Labute approximate surface area is 112 Å². The summed E-state index contributed by atoms with van der Waals surface area (Å²) in [4.78, 5) is 4.41. The van der Waals surface area contributed by atoms with Crippen LogP contribution in [0.2, 0.25) is 0 Å². The van der Waals surface area contributed by atoms with E-state index in [2.05, 4.69) is 16.4 Å². The Morgan fingerprint density at radius 2 is 1.95 bits per heavy atom. The average molecular weight is 255 g/mol. The van der Waals surface area contributed by atoms with Crippen LogP contribution in [0, 0.1) is 0 Å². The zero-order valence-corrected chi connectivity index (χ0v) is 10.8. The van der Waals surface area contributed by atoms with Crippen LogP contribution < -0.4 is 15.8 Å². The quantitative estimate of drug-likeness (QED) is 0.881. The topological polar surface area (TPSA) is 60.2 Å².